The van der Waals surface area contributed by atoms with Crippen molar-refractivity contribution < 1.29 is 9.53 Å². The smallest absolute Gasteiger partial charge is 0.409 e. The number of nitrogens with one attached hydrogen (secondary N) is 1. The van der Waals surface area contributed by atoms with Gasteiger partial charge in [-0.25, -0.2) is 10.2 Å². The van der Waals surface area contributed by atoms with Gasteiger partial charge in [-0.15, -0.1) is 0 Å². The fraction of sp³-hybridized carbons (Fsp3) is 0.909. The molecule has 0 spiro atoms. The molecule has 0 aromatic heterocycles. The Morgan fingerprint density at radius 3 is 2.20 bits per heavy atom. The molecule has 6 fully saturated rings. The number of hydrogen-bond donors (Lipinski definition) is 1. The standard InChI is InChI=1S/C22H37N5O2S/c1-3-26-19(22-12-16-9-17(13-22)11-18(10-16)14-22)23-27(20(26)30)15-24-5-7-25(8-6-24)21(28)29-4-2/h16-19,23H,3-15H2,1-2H3. The van der Waals surface area contributed by atoms with Crippen LogP contribution in [0.25, 0.3) is 0 Å². The molecule has 4 saturated carbocycles. The van der Waals surface area contributed by atoms with Crippen LogP contribution in [0.2, 0.25) is 0 Å². The monoisotopic (exact) mass is 435 g/mol. The summed E-state index contributed by atoms with van der Waals surface area (Å²) >= 11 is 5.94. The average molecular weight is 436 g/mol. The van der Waals surface area contributed by atoms with Crippen LogP contribution < -0.4 is 5.43 Å². The van der Waals surface area contributed by atoms with Gasteiger partial charge < -0.3 is 14.5 Å². The van der Waals surface area contributed by atoms with Crippen molar-refractivity contribution in [2.75, 3.05) is 46.0 Å². The summed E-state index contributed by atoms with van der Waals surface area (Å²) in [7, 11) is 0. The number of rotatable bonds is 5. The van der Waals surface area contributed by atoms with Crippen molar-refractivity contribution in [3.8, 4) is 0 Å². The molecule has 1 atom stereocenters. The molecule has 0 aromatic carbocycles. The summed E-state index contributed by atoms with van der Waals surface area (Å²) < 4.78 is 5.14. The zero-order chi connectivity index (χ0) is 20.9. The van der Waals surface area contributed by atoms with Crippen molar-refractivity contribution in [1.29, 1.82) is 0 Å². The van der Waals surface area contributed by atoms with Gasteiger partial charge in [-0.2, -0.15) is 0 Å². The SMILES string of the molecule is CCOC(=O)N1CCN(CN2NC(C34CC5CC(CC(C5)C3)C4)N(CC)C2=S)CC1. The highest BCUT2D eigenvalue weighted by atomic mass is 32.1. The van der Waals surface area contributed by atoms with E-state index in [4.69, 9.17) is 17.0 Å². The van der Waals surface area contributed by atoms with Crippen LogP contribution >= 0.6 is 12.2 Å². The third-order valence-electron chi connectivity index (χ3n) is 8.31. The van der Waals surface area contributed by atoms with E-state index < -0.39 is 0 Å². The van der Waals surface area contributed by atoms with Gasteiger partial charge in [0.25, 0.3) is 0 Å². The molecule has 6 rings (SSSR count). The van der Waals surface area contributed by atoms with Crippen LogP contribution in [0.5, 0.6) is 0 Å². The van der Waals surface area contributed by atoms with Gasteiger partial charge in [-0.1, -0.05) is 0 Å². The Hall–Kier alpha value is -1.12. The maximum absolute atomic E-state index is 12.0. The van der Waals surface area contributed by atoms with Crippen LogP contribution in [0, 0.1) is 23.2 Å². The van der Waals surface area contributed by atoms with Crippen molar-refractivity contribution >= 4 is 23.4 Å². The number of thiocarbonyl (C=S) groups is 1. The van der Waals surface area contributed by atoms with E-state index in [9.17, 15) is 4.79 Å². The predicted molar refractivity (Wildman–Crippen MR) is 119 cm³/mol. The van der Waals surface area contributed by atoms with Crippen molar-refractivity contribution in [2.24, 2.45) is 23.2 Å². The van der Waals surface area contributed by atoms with E-state index in [1.807, 2.05) is 11.8 Å². The van der Waals surface area contributed by atoms with Gasteiger partial charge in [0, 0.05) is 38.1 Å². The molecule has 1 amide bonds. The van der Waals surface area contributed by atoms with E-state index >= 15 is 0 Å². The summed E-state index contributed by atoms with van der Waals surface area (Å²) in [6.07, 6.45) is 8.70. The second-order valence-corrected chi connectivity index (χ2v) is 10.6. The molecule has 2 heterocycles. The van der Waals surface area contributed by atoms with Gasteiger partial charge in [0.2, 0.25) is 0 Å². The van der Waals surface area contributed by atoms with Crippen molar-refractivity contribution in [3.63, 3.8) is 0 Å². The highest BCUT2D eigenvalue weighted by Gasteiger charge is 2.57. The Bertz CT molecular complexity index is 645. The molecule has 0 aromatic rings. The zero-order valence-corrected chi connectivity index (χ0v) is 19.3. The molecule has 2 aliphatic heterocycles. The van der Waals surface area contributed by atoms with Crippen LogP contribution in [0.4, 0.5) is 4.79 Å². The molecule has 1 N–H and O–H groups in total. The second kappa shape index (κ2) is 8.10. The van der Waals surface area contributed by atoms with Crippen LogP contribution in [0.3, 0.4) is 0 Å². The van der Waals surface area contributed by atoms with E-state index in [1.54, 1.807) is 0 Å². The first-order valence-electron chi connectivity index (χ1n) is 12.0. The van der Waals surface area contributed by atoms with Gasteiger partial charge >= 0.3 is 6.09 Å². The van der Waals surface area contributed by atoms with Crippen LogP contribution in [-0.4, -0.2) is 83.1 Å². The fourth-order valence-electron chi connectivity index (χ4n) is 7.42. The lowest BCUT2D eigenvalue weighted by molar-refractivity contribution is -0.0979. The topological polar surface area (TPSA) is 51.3 Å². The van der Waals surface area contributed by atoms with Gasteiger partial charge in [0.15, 0.2) is 5.11 Å². The number of carbonyl (C=O) groups is 1. The van der Waals surface area contributed by atoms with Gasteiger partial charge in [-0.05, 0) is 82.3 Å². The maximum Gasteiger partial charge on any atom is 0.409 e. The van der Waals surface area contributed by atoms with Crippen LogP contribution in [0.15, 0.2) is 0 Å². The zero-order valence-electron chi connectivity index (χ0n) is 18.5. The first-order chi connectivity index (χ1) is 14.5. The average Bonchev–Trinajstić information content (AvgIpc) is 3.04. The molecule has 6 aliphatic rings. The summed E-state index contributed by atoms with van der Waals surface area (Å²) in [5.41, 5.74) is 4.27. The summed E-state index contributed by atoms with van der Waals surface area (Å²) in [5.74, 6) is 2.82. The normalized spacial score (nSPS) is 38.6. The minimum Gasteiger partial charge on any atom is -0.450 e. The fourth-order valence-corrected chi connectivity index (χ4v) is 7.77. The molecule has 0 radical (unpaired) electrons. The summed E-state index contributed by atoms with van der Waals surface area (Å²) in [5, 5.41) is 3.16. The molecule has 4 aliphatic carbocycles. The number of amides is 1. The summed E-state index contributed by atoms with van der Waals surface area (Å²) in [4.78, 5) is 18.6. The van der Waals surface area contributed by atoms with E-state index in [0.29, 0.717) is 18.2 Å². The first-order valence-corrected chi connectivity index (χ1v) is 12.4. The number of hydrogen-bond acceptors (Lipinski definition) is 5. The third-order valence-corrected chi connectivity index (χ3v) is 8.77. The van der Waals surface area contributed by atoms with Crippen LogP contribution in [0.1, 0.15) is 52.4 Å². The van der Waals surface area contributed by atoms with Crippen molar-refractivity contribution in [2.45, 2.75) is 58.5 Å². The van der Waals surface area contributed by atoms with Crippen LogP contribution in [-0.2, 0) is 4.74 Å². The highest BCUT2D eigenvalue weighted by Crippen LogP contribution is 2.62. The lowest BCUT2D eigenvalue weighted by Crippen LogP contribution is -2.59. The third kappa shape index (κ3) is 3.58. The van der Waals surface area contributed by atoms with E-state index in [1.165, 1.54) is 38.5 Å². The molecular formula is C22H37N5O2S. The molecule has 1 unspecified atom stereocenters. The van der Waals surface area contributed by atoms with E-state index in [-0.39, 0.29) is 6.09 Å². The van der Waals surface area contributed by atoms with E-state index in [0.717, 1.165) is 62.3 Å². The number of ether oxygens (including phenoxy) is 1. The molecule has 168 valence electrons. The number of piperazine rings is 1. The van der Waals surface area contributed by atoms with Gasteiger partial charge in [-0.3, -0.25) is 9.91 Å². The van der Waals surface area contributed by atoms with Gasteiger partial charge in [0.1, 0.15) is 6.17 Å². The Morgan fingerprint density at radius 2 is 1.67 bits per heavy atom. The van der Waals surface area contributed by atoms with E-state index in [2.05, 4.69) is 27.2 Å². The number of carbonyl (C=O) groups excluding carboxylic acids is 1. The van der Waals surface area contributed by atoms with Crippen molar-refractivity contribution in [1.82, 2.24) is 25.1 Å². The Kier molecular flexibility index (Phi) is 5.60. The maximum atomic E-state index is 12.0. The minimum absolute atomic E-state index is 0.189. The second-order valence-electron chi connectivity index (χ2n) is 10.3. The Labute approximate surface area is 186 Å². The number of hydrazine groups is 1. The minimum atomic E-state index is -0.189. The molecule has 2 saturated heterocycles. The summed E-state index contributed by atoms with van der Waals surface area (Å²) in [6, 6.07) is 0. The molecule has 4 bridgehead atoms. The predicted octanol–water partition coefficient (Wildman–Crippen LogP) is 2.69. The Morgan fingerprint density at radius 1 is 1.07 bits per heavy atom. The Balaban J connectivity index is 1.23. The number of nitrogens with zero attached hydrogens (tertiary/aromatic N) is 4. The largest absolute Gasteiger partial charge is 0.450 e. The molecular weight excluding hydrogens is 398 g/mol. The van der Waals surface area contributed by atoms with Gasteiger partial charge in [0.05, 0.1) is 13.3 Å². The first kappa shape index (κ1) is 20.8. The van der Waals surface area contributed by atoms with Crippen molar-refractivity contribution in [3.05, 3.63) is 0 Å². The summed E-state index contributed by atoms with van der Waals surface area (Å²) in [6.45, 7) is 9.42. The highest BCUT2D eigenvalue weighted by molar-refractivity contribution is 7.80. The lowest BCUT2D eigenvalue weighted by Gasteiger charge is -2.59. The lowest BCUT2D eigenvalue weighted by atomic mass is 9.48. The molecule has 30 heavy (non-hydrogen) atoms. The quantitative estimate of drug-likeness (QED) is 0.667. The molecule has 7 nitrogen and oxygen atoms in total. The molecule has 8 heteroatoms.